The maximum absolute atomic E-state index is 5.07. The van der Waals surface area contributed by atoms with Gasteiger partial charge in [0.15, 0.2) is 0 Å². The van der Waals surface area contributed by atoms with Gasteiger partial charge < -0.3 is 132 Å². The van der Waals surface area contributed by atoms with E-state index < -0.39 is 23.6 Å². The molecule has 0 aliphatic carbocycles. The fraction of sp³-hybridized carbons (Fsp3) is 0.0909. The van der Waals surface area contributed by atoms with Crippen molar-refractivity contribution in [3.63, 3.8) is 0 Å². The second-order valence-electron chi connectivity index (χ2n) is 11.1. The number of rotatable bonds is 8. The molecule has 0 N–H and O–H groups in total. The molecule has 0 saturated carbocycles. The Hall–Kier alpha value is 3.08. The first-order valence-electron chi connectivity index (χ1n) is 17.7. The average Bonchev–Trinajstić information content (AvgIpc) is 4.11. The molecule has 0 atom stereocenters. The molecule has 0 aromatic heterocycles. The van der Waals surface area contributed by atoms with E-state index in [2.05, 4.69) is 0 Å². The molecule has 0 spiro atoms. The van der Waals surface area contributed by atoms with Crippen LogP contribution in [0.3, 0.4) is 0 Å². The van der Waals surface area contributed by atoms with Crippen LogP contribution in [0.4, 0.5) is 0 Å². The van der Waals surface area contributed by atoms with Gasteiger partial charge >= 0.3 is 0 Å². The summed E-state index contributed by atoms with van der Waals surface area (Å²) in [6, 6.07) is 70.7. The molecule has 0 amide bonds. The minimum atomic E-state index is -2.06. The molecule has 0 radical (unpaired) electrons. The van der Waals surface area contributed by atoms with Crippen LogP contribution in [0, 0.1) is 0 Å². The van der Waals surface area contributed by atoms with E-state index in [9.17, 15) is 0 Å². The Morgan fingerprint density at radius 1 is 0.318 bits per heavy atom. The Morgan fingerprint density at radius 3 is 0.636 bits per heavy atom. The number of hydrogen-bond donors (Lipinski definition) is 0. The molecule has 0 bridgehead atoms. The van der Waals surface area contributed by atoms with Gasteiger partial charge in [0.25, 0.3) is 0 Å². The first-order chi connectivity index (χ1) is 28.7. The fourth-order valence-corrected chi connectivity index (χ4v) is 9.80. The van der Waals surface area contributed by atoms with Crippen molar-refractivity contribution in [3.05, 3.63) is 218 Å². The van der Waals surface area contributed by atoms with Gasteiger partial charge in [-0.05, 0) is 15.9 Å². The van der Waals surface area contributed by atoms with Crippen LogP contribution in [0.1, 0.15) is 0 Å². The van der Waals surface area contributed by atoms with Crippen LogP contribution in [0.15, 0.2) is 218 Å². The molecule has 22 heteroatoms. The van der Waals surface area contributed by atoms with E-state index in [1.165, 1.54) is 0 Å². The van der Waals surface area contributed by atoms with Crippen molar-refractivity contribution in [1.82, 2.24) is 0 Å². The van der Waals surface area contributed by atoms with Crippen LogP contribution < -0.4 is 21.2 Å². The van der Waals surface area contributed by atoms with E-state index in [1.807, 2.05) is 218 Å². The van der Waals surface area contributed by atoms with Crippen molar-refractivity contribution < 1.29 is 141 Å². The molecule has 4 nitrogen and oxygen atoms in total. The quantitative estimate of drug-likeness (QED) is 0.0630. The van der Waals surface area contributed by atoms with Crippen LogP contribution >= 0.6 is 23.6 Å². The van der Waals surface area contributed by atoms with Crippen molar-refractivity contribution >= 4 is 143 Å². The monoisotopic (exact) mass is 1470 g/mol. The SMILES string of the molecule is CO[P+]([S-])([S-])[c-]1[cH-][cH-][cH-][cH-]1.CO[P+]([S-])([S-])[c-]1cccc1.CO[P+]([S-])([S-])[c-]1cccc1.CO[P+]([S-])([S-])[c-]1cccc1.[Cd].[Cd].[Fe].[Fe].[Fe].[Fe].c1cc[cH-]c1.c1cc[cH-]c1.c1cc[cH-]c1.c1cc[cH-]c1. The maximum atomic E-state index is 5.07. The van der Waals surface area contributed by atoms with Crippen LogP contribution in [0.25, 0.3) is 0 Å². The van der Waals surface area contributed by atoms with E-state index in [1.54, 1.807) is 28.4 Å². The van der Waals surface area contributed by atoms with Gasteiger partial charge in [-0.3, -0.25) is 19.5 Å². The molecule has 8 aromatic rings. The molecule has 0 unspecified atom stereocenters. The maximum Gasteiger partial charge on any atom is 0.0740 e. The predicted octanol–water partition coefficient (Wildman–Crippen LogP) is 11.7. The standard InChI is InChI=1S/4C6H8OPS2.4C5H5.2Cd.4Fe/c4*1-7-8(9,10)6-4-2-3-5-6;4*1-2-4-5-3-1;;;;;;/h4*2-5H,1H3,(H,9,10);4*1-5H;;;;;;/q-5;7*-1;;;;;;/p-4. The Bertz CT molecular complexity index is 1620. The third kappa shape index (κ3) is 38.6. The van der Waals surface area contributed by atoms with E-state index in [0.29, 0.717) is 0 Å². The summed E-state index contributed by atoms with van der Waals surface area (Å²) in [6.07, 6.45) is 0. The van der Waals surface area contributed by atoms with Gasteiger partial charge in [-0.15, -0.1) is 54.1 Å². The van der Waals surface area contributed by atoms with Gasteiger partial charge in [0.2, 0.25) is 0 Å². The van der Waals surface area contributed by atoms with Crippen molar-refractivity contribution in [2.45, 2.75) is 0 Å². The van der Waals surface area contributed by atoms with Gasteiger partial charge in [-0.25, -0.2) is 84.9 Å². The summed E-state index contributed by atoms with van der Waals surface area (Å²) in [7, 11) is 6.28. The Kier molecular flexibility index (Phi) is 59.7. The molecule has 0 saturated heterocycles. The van der Waals surface area contributed by atoms with Crippen LogP contribution in [0.2, 0.25) is 0 Å². The van der Waals surface area contributed by atoms with Gasteiger partial charge in [-0.2, -0.15) is 72.8 Å². The largest absolute Gasteiger partial charge is 0.745 e. The van der Waals surface area contributed by atoms with Crippen molar-refractivity contribution in [2.75, 3.05) is 28.4 Å². The zero-order chi connectivity index (χ0) is 44.6. The zero-order valence-corrected chi connectivity index (χ0v) is 58.9. The minimum Gasteiger partial charge on any atom is -0.745 e. The third-order valence-electron chi connectivity index (χ3n) is 7.03. The average molecular weight is 1470 g/mol. The van der Waals surface area contributed by atoms with E-state index in [-0.39, 0.29) is 123 Å². The summed E-state index contributed by atoms with van der Waals surface area (Å²) < 4.78 is 20.1. The summed E-state index contributed by atoms with van der Waals surface area (Å²) in [5.41, 5.74) is 0. The van der Waals surface area contributed by atoms with Gasteiger partial charge in [0, 0.05) is 123 Å². The first kappa shape index (κ1) is 80.5. The third-order valence-corrected chi connectivity index (χ3v) is 21.3. The summed E-state index contributed by atoms with van der Waals surface area (Å²) in [6.45, 7) is 0. The first-order valence-corrected chi connectivity index (χ1v) is 32.6. The molecule has 0 heterocycles. The molecule has 8 rings (SSSR count). The van der Waals surface area contributed by atoms with Crippen molar-refractivity contribution in [2.24, 2.45) is 0 Å². The van der Waals surface area contributed by atoms with Crippen LogP contribution in [-0.2, 0) is 239 Å². The zero-order valence-electron chi connectivity index (χ0n) is 36.3. The van der Waals surface area contributed by atoms with Gasteiger partial charge in [0.1, 0.15) is 0 Å². The van der Waals surface area contributed by atoms with E-state index >= 15 is 0 Å². The van der Waals surface area contributed by atoms with Gasteiger partial charge in [-0.1, -0.05) is 0 Å². The molecule has 0 aliphatic heterocycles. The normalized spacial score (nSPS) is 9.64. The van der Waals surface area contributed by atoms with Crippen LogP contribution in [0.5, 0.6) is 0 Å². The summed E-state index contributed by atoms with van der Waals surface area (Å²) >= 11 is 40.5. The second-order valence-corrected chi connectivity index (χ2v) is 33.8. The Morgan fingerprint density at radius 2 is 0.500 bits per heavy atom. The second kappa shape index (κ2) is 49.0. The molecular formula is C44H48Cd2Fe4O4P4S8-16. The smallest absolute Gasteiger partial charge is 0.0740 e. The Labute approximate surface area is 523 Å². The molecule has 0 aliphatic rings. The minimum absolute atomic E-state index is 0. The fourth-order valence-electron chi connectivity index (χ4n) is 3.89. The predicted molar refractivity (Wildman–Crippen MR) is 289 cm³/mol. The molecule has 66 heavy (non-hydrogen) atoms. The summed E-state index contributed by atoms with van der Waals surface area (Å²) in [4.78, 5) is 0. The van der Waals surface area contributed by atoms with E-state index in [0.717, 1.165) is 21.2 Å². The van der Waals surface area contributed by atoms with E-state index in [4.69, 9.17) is 116 Å². The molecule has 8 aromatic carbocycles. The summed E-state index contributed by atoms with van der Waals surface area (Å²) in [5, 5.41) is 3.89. The molecule has 368 valence electrons. The topological polar surface area (TPSA) is 36.9 Å². The van der Waals surface area contributed by atoms with Crippen molar-refractivity contribution in [3.8, 4) is 0 Å². The van der Waals surface area contributed by atoms with Crippen molar-refractivity contribution in [1.29, 1.82) is 0 Å². The van der Waals surface area contributed by atoms with Crippen LogP contribution in [-0.4, -0.2) is 28.4 Å². The Balaban J connectivity index is -0.000000156. The van der Waals surface area contributed by atoms with Gasteiger partial charge in [0.05, 0.1) is 28.4 Å². The number of hydrogen-bond acceptors (Lipinski definition) is 12. The molecule has 0 fully saturated rings. The molecular weight excluding hydrogens is 1420 g/mol. The summed E-state index contributed by atoms with van der Waals surface area (Å²) in [5.74, 6) is -8.25.